The lowest BCUT2D eigenvalue weighted by atomic mass is 10.0. The Balaban J connectivity index is 2.00. The van der Waals surface area contributed by atoms with Crippen LogP contribution in [0.5, 0.6) is 0 Å². The highest BCUT2D eigenvalue weighted by Crippen LogP contribution is 2.26. The normalized spacial score (nSPS) is 14.9. The molecule has 2 aromatic heterocycles. The minimum absolute atomic E-state index is 0.115. The van der Waals surface area contributed by atoms with Gasteiger partial charge in [-0.15, -0.1) is 0 Å². The first-order valence-corrected chi connectivity index (χ1v) is 9.92. The molecule has 3 rings (SSSR count). The molecule has 1 fully saturated rings. The highest BCUT2D eigenvalue weighted by molar-refractivity contribution is 5.97. The predicted molar refractivity (Wildman–Crippen MR) is 118 cm³/mol. The molecule has 0 amide bonds. The number of ketones is 1. The summed E-state index contributed by atoms with van der Waals surface area (Å²) in [6.07, 6.45) is 7.31. The molecule has 2 aromatic rings. The number of rotatable bonds is 5. The van der Waals surface area contributed by atoms with Crippen LogP contribution in [-0.4, -0.2) is 38.0 Å². The first-order valence-electron chi connectivity index (χ1n) is 9.92. The maximum atomic E-state index is 13.0. The molecule has 9 nitrogen and oxygen atoms in total. The molecule has 0 spiro atoms. The van der Waals surface area contributed by atoms with Crippen LogP contribution in [-0.2, 0) is 11.8 Å². The van der Waals surface area contributed by atoms with Crippen LogP contribution in [0.2, 0.25) is 0 Å². The summed E-state index contributed by atoms with van der Waals surface area (Å²) in [5.41, 5.74) is 0.609. The van der Waals surface area contributed by atoms with E-state index in [0.29, 0.717) is 54.4 Å². The van der Waals surface area contributed by atoms with Crippen molar-refractivity contribution in [3.63, 3.8) is 0 Å². The van der Waals surface area contributed by atoms with E-state index in [0.717, 1.165) is 0 Å². The van der Waals surface area contributed by atoms with E-state index in [1.165, 1.54) is 41.6 Å². The lowest BCUT2D eigenvalue weighted by Gasteiger charge is -2.34. The van der Waals surface area contributed by atoms with Gasteiger partial charge in [0.05, 0.1) is 29.3 Å². The number of nitrogens with zero attached hydrogens (tertiary/aromatic N) is 6. The number of anilines is 1. The minimum Gasteiger partial charge on any atom is -0.341 e. The van der Waals surface area contributed by atoms with Gasteiger partial charge in [-0.05, 0) is 44.4 Å². The average molecular weight is 420 g/mol. The maximum absolute atomic E-state index is 13.0. The van der Waals surface area contributed by atoms with Gasteiger partial charge in [0.25, 0.3) is 0 Å². The standard InChI is InChI=1S/C22H24N6O3/c1-5-18-19(10-14(2)15(3)29)28(21(31)20(30)26(18)4)17-6-8-27(9-7-17)22-24-12-16(11-23)13-25-22/h5,10,12-13,17H,1,6-9H2,2-4H3/b14-10+. The van der Waals surface area contributed by atoms with E-state index in [-0.39, 0.29) is 11.8 Å². The second kappa shape index (κ2) is 8.92. The summed E-state index contributed by atoms with van der Waals surface area (Å²) in [6.45, 7) is 8.09. The number of hydrogen-bond donors (Lipinski definition) is 0. The Morgan fingerprint density at radius 1 is 1.16 bits per heavy atom. The summed E-state index contributed by atoms with van der Waals surface area (Å²) < 4.78 is 2.77. The SMILES string of the molecule is C=Cc1c(/C=C(\C)C(C)=O)n(C2CCN(c3ncc(C#N)cn3)CC2)c(=O)c(=O)n1C. The Bertz CT molecular complexity index is 1210. The second-order valence-corrected chi connectivity index (χ2v) is 7.50. The van der Waals surface area contributed by atoms with E-state index >= 15 is 0 Å². The van der Waals surface area contributed by atoms with Crippen molar-refractivity contribution in [1.29, 1.82) is 5.26 Å². The largest absolute Gasteiger partial charge is 0.341 e. The highest BCUT2D eigenvalue weighted by atomic mass is 16.2. The molecule has 0 unspecified atom stereocenters. The lowest BCUT2D eigenvalue weighted by molar-refractivity contribution is -0.113. The van der Waals surface area contributed by atoms with Gasteiger partial charge in [-0.2, -0.15) is 5.26 Å². The van der Waals surface area contributed by atoms with E-state index < -0.39 is 11.1 Å². The van der Waals surface area contributed by atoms with Gasteiger partial charge < -0.3 is 9.47 Å². The fourth-order valence-electron chi connectivity index (χ4n) is 3.68. The van der Waals surface area contributed by atoms with Gasteiger partial charge in [0.15, 0.2) is 5.78 Å². The minimum atomic E-state index is -0.634. The molecule has 0 saturated carbocycles. The van der Waals surface area contributed by atoms with Gasteiger partial charge in [0.2, 0.25) is 5.95 Å². The number of allylic oxidation sites excluding steroid dienone is 1. The number of Topliss-reactive ketones (excluding diaryl/α,β-unsaturated/α-hetero) is 1. The van der Waals surface area contributed by atoms with E-state index in [1.807, 2.05) is 11.0 Å². The van der Waals surface area contributed by atoms with Crippen LogP contribution in [0, 0.1) is 11.3 Å². The zero-order valence-corrected chi connectivity index (χ0v) is 17.8. The van der Waals surface area contributed by atoms with Gasteiger partial charge in [-0.1, -0.05) is 6.58 Å². The molecule has 0 bridgehead atoms. The van der Waals surface area contributed by atoms with E-state index in [4.69, 9.17) is 5.26 Å². The number of piperidine rings is 1. The van der Waals surface area contributed by atoms with Crippen molar-refractivity contribution in [2.24, 2.45) is 7.05 Å². The second-order valence-electron chi connectivity index (χ2n) is 7.50. The topological polar surface area (TPSA) is 114 Å². The number of hydrogen-bond acceptors (Lipinski definition) is 7. The third-order valence-corrected chi connectivity index (χ3v) is 5.57. The van der Waals surface area contributed by atoms with Crippen molar-refractivity contribution in [1.82, 2.24) is 19.1 Å². The van der Waals surface area contributed by atoms with Crippen LogP contribution in [0.1, 0.15) is 49.7 Å². The molecule has 0 atom stereocenters. The summed E-state index contributed by atoms with van der Waals surface area (Å²) in [6, 6.07) is 1.77. The Kier molecular flexibility index (Phi) is 6.30. The van der Waals surface area contributed by atoms with Crippen LogP contribution >= 0.6 is 0 Å². The van der Waals surface area contributed by atoms with Crippen LogP contribution in [0.3, 0.4) is 0 Å². The zero-order chi connectivity index (χ0) is 22.7. The summed E-state index contributed by atoms with van der Waals surface area (Å²) in [5.74, 6) is 0.406. The molecular weight excluding hydrogens is 396 g/mol. The average Bonchev–Trinajstić information content (AvgIpc) is 2.78. The summed E-state index contributed by atoms with van der Waals surface area (Å²) in [5, 5.41) is 8.90. The van der Waals surface area contributed by atoms with Crippen molar-refractivity contribution in [3.8, 4) is 6.07 Å². The van der Waals surface area contributed by atoms with Crippen LogP contribution < -0.4 is 16.0 Å². The molecule has 9 heteroatoms. The van der Waals surface area contributed by atoms with Crippen molar-refractivity contribution < 1.29 is 4.79 Å². The number of nitriles is 1. The van der Waals surface area contributed by atoms with Gasteiger partial charge in [0.1, 0.15) is 6.07 Å². The molecule has 1 aliphatic rings. The number of aromatic nitrogens is 4. The van der Waals surface area contributed by atoms with E-state index in [1.54, 1.807) is 13.0 Å². The molecule has 0 N–H and O–H groups in total. The van der Waals surface area contributed by atoms with E-state index in [2.05, 4.69) is 16.5 Å². The molecular formula is C22H24N6O3. The fourth-order valence-corrected chi connectivity index (χ4v) is 3.68. The van der Waals surface area contributed by atoms with Crippen molar-refractivity contribution in [2.75, 3.05) is 18.0 Å². The van der Waals surface area contributed by atoms with Crippen LogP contribution in [0.4, 0.5) is 5.95 Å². The van der Waals surface area contributed by atoms with Gasteiger partial charge in [-0.25, -0.2) is 9.97 Å². The molecule has 160 valence electrons. The Hall–Kier alpha value is -3.80. The van der Waals surface area contributed by atoms with Gasteiger partial charge in [-0.3, -0.25) is 19.0 Å². The predicted octanol–water partition coefficient (Wildman–Crippen LogP) is 1.69. The third-order valence-electron chi connectivity index (χ3n) is 5.57. The molecule has 0 aliphatic carbocycles. The van der Waals surface area contributed by atoms with Crippen molar-refractivity contribution >= 4 is 23.9 Å². The zero-order valence-electron chi connectivity index (χ0n) is 17.8. The van der Waals surface area contributed by atoms with Crippen molar-refractivity contribution in [2.45, 2.75) is 32.7 Å². The molecule has 31 heavy (non-hydrogen) atoms. The van der Waals surface area contributed by atoms with E-state index in [9.17, 15) is 14.4 Å². The summed E-state index contributed by atoms with van der Waals surface area (Å²) in [7, 11) is 1.52. The lowest BCUT2D eigenvalue weighted by Crippen LogP contribution is -2.46. The monoisotopic (exact) mass is 420 g/mol. The Morgan fingerprint density at radius 2 is 1.77 bits per heavy atom. The number of carbonyl (C=O) groups excluding carboxylic acids is 1. The highest BCUT2D eigenvalue weighted by Gasteiger charge is 2.27. The first-order chi connectivity index (χ1) is 14.8. The van der Waals surface area contributed by atoms with Crippen LogP contribution in [0.25, 0.3) is 12.2 Å². The third kappa shape index (κ3) is 4.23. The molecule has 0 aromatic carbocycles. The molecule has 1 saturated heterocycles. The fraction of sp³-hybridized carbons (Fsp3) is 0.364. The Labute approximate surface area is 179 Å². The smallest absolute Gasteiger partial charge is 0.317 e. The quantitative estimate of drug-likeness (QED) is 0.534. The maximum Gasteiger partial charge on any atom is 0.317 e. The van der Waals surface area contributed by atoms with Gasteiger partial charge in [0, 0.05) is 26.2 Å². The Morgan fingerprint density at radius 3 is 2.29 bits per heavy atom. The number of carbonyl (C=O) groups is 1. The summed E-state index contributed by atoms with van der Waals surface area (Å²) >= 11 is 0. The van der Waals surface area contributed by atoms with Gasteiger partial charge >= 0.3 is 11.1 Å². The first kappa shape index (κ1) is 21.9. The van der Waals surface area contributed by atoms with Crippen molar-refractivity contribution in [3.05, 3.63) is 62.2 Å². The van der Waals surface area contributed by atoms with Crippen LogP contribution in [0.15, 0.2) is 34.1 Å². The summed E-state index contributed by atoms with van der Waals surface area (Å²) in [4.78, 5) is 47.8. The molecule has 3 heterocycles. The molecule has 0 radical (unpaired) electrons. The molecule has 1 aliphatic heterocycles.